The third-order valence-corrected chi connectivity index (χ3v) is 2.48. The van der Waals surface area contributed by atoms with Gasteiger partial charge in [-0.1, -0.05) is 0 Å². The lowest BCUT2D eigenvalue weighted by atomic mass is 10.2. The van der Waals surface area contributed by atoms with Crippen LogP contribution in [-0.4, -0.2) is 26.4 Å². The highest BCUT2D eigenvalue weighted by Crippen LogP contribution is 2.12. The number of aryl methyl sites for hydroxylation is 1. The molecule has 0 radical (unpaired) electrons. The summed E-state index contributed by atoms with van der Waals surface area (Å²) in [6.07, 6.45) is 4.23. The van der Waals surface area contributed by atoms with Crippen molar-refractivity contribution in [2.24, 2.45) is 7.05 Å². The maximum absolute atomic E-state index is 9.90. The molecule has 0 aliphatic rings. The lowest BCUT2D eigenvalue weighted by Gasteiger charge is -2.10. The maximum atomic E-state index is 9.90. The van der Waals surface area contributed by atoms with Crippen LogP contribution in [0, 0.1) is 11.3 Å². The summed E-state index contributed by atoms with van der Waals surface area (Å²) in [7, 11) is 1.80. The lowest BCUT2D eigenvalue weighted by Crippen LogP contribution is -2.12. The molecular formula is C12H13N5O. The fourth-order valence-electron chi connectivity index (χ4n) is 1.50. The Balaban J connectivity index is 1.93. The summed E-state index contributed by atoms with van der Waals surface area (Å²) in [6, 6.07) is 5.37. The van der Waals surface area contributed by atoms with E-state index in [2.05, 4.69) is 15.4 Å². The molecule has 0 amide bonds. The zero-order valence-electron chi connectivity index (χ0n) is 9.91. The lowest BCUT2D eigenvalue weighted by molar-refractivity contribution is 0.191. The van der Waals surface area contributed by atoms with E-state index in [0.717, 1.165) is 5.56 Å². The first-order valence-electron chi connectivity index (χ1n) is 5.45. The van der Waals surface area contributed by atoms with Gasteiger partial charge in [0.25, 0.3) is 0 Å². The third kappa shape index (κ3) is 2.84. The summed E-state index contributed by atoms with van der Waals surface area (Å²) in [5.74, 6) is 0.622. The second-order valence-corrected chi connectivity index (χ2v) is 3.89. The minimum atomic E-state index is -0.642. The van der Waals surface area contributed by atoms with Crippen molar-refractivity contribution in [2.75, 3.05) is 11.9 Å². The predicted molar refractivity (Wildman–Crippen MR) is 65.6 cm³/mol. The number of hydrogen-bond acceptors (Lipinski definition) is 5. The van der Waals surface area contributed by atoms with Gasteiger partial charge in [0.1, 0.15) is 11.9 Å². The Morgan fingerprint density at radius 1 is 1.50 bits per heavy atom. The van der Waals surface area contributed by atoms with Crippen LogP contribution in [0.2, 0.25) is 0 Å². The van der Waals surface area contributed by atoms with E-state index < -0.39 is 6.10 Å². The number of aromatic nitrogens is 3. The Kier molecular flexibility index (Phi) is 3.55. The molecule has 0 bridgehead atoms. The van der Waals surface area contributed by atoms with Crippen molar-refractivity contribution >= 4 is 5.82 Å². The molecule has 2 heterocycles. The van der Waals surface area contributed by atoms with Gasteiger partial charge in [-0.3, -0.25) is 4.68 Å². The van der Waals surface area contributed by atoms with Gasteiger partial charge in [0, 0.05) is 31.5 Å². The number of nitriles is 1. The van der Waals surface area contributed by atoms with E-state index >= 15 is 0 Å². The fraction of sp³-hybridized carbons (Fsp3) is 0.250. The molecule has 0 saturated carbocycles. The van der Waals surface area contributed by atoms with Crippen molar-refractivity contribution in [2.45, 2.75) is 6.10 Å². The average molecular weight is 243 g/mol. The van der Waals surface area contributed by atoms with Crippen LogP contribution in [0.4, 0.5) is 5.82 Å². The molecule has 0 aliphatic heterocycles. The quantitative estimate of drug-likeness (QED) is 0.830. The maximum Gasteiger partial charge on any atom is 0.126 e. The number of nitrogens with one attached hydrogen (secondary N) is 1. The second-order valence-electron chi connectivity index (χ2n) is 3.89. The van der Waals surface area contributed by atoms with Crippen molar-refractivity contribution in [3.05, 3.63) is 41.9 Å². The molecule has 1 unspecified atom stereocenters. The molecule has 2 aromatic heterocycles. The minimum absolute atomic E-state index is 0.338. The van der Waals surface area contributed by atoms with Crippen LogP contribution in [0.5, 0.6) is 0 Å². The Morgan fingerprint density at radius 2 is 2.33 bits per heavy atom. The Hall–Kier alpha value is -2.39. The smallest absolute Gasteiger partial charge is 0.126 e. The zero-order valence-corrected chi connectivity index (χ0v) is 9.91. The molecule has 0 spiro atoms. The van der Waals surface area contributed by atoms with Crippen molar-refractivity contribution in [1.82, 2.24) is 14.8 Å². The monoisotopic (exact) mass is 243 g/mol. The second kappa shape index (κ2) is 5.29. The Labute approximate surface area is 105 Å². The van der Waals surface area contributed by atoms with Gasteiger partial charge in [-0.15, -0.1) is 0 Å². The average Bonchev–Trinajstić information content (AvgIpc) is 2.83. The van der Waals surface area contributed by atoms with Gasteiger partial charge >= 0.3 is 0 Å². The van der Waals surface area contributed by atoms with Crippen molar-refractivity contribution < 1.29 is 5.11 Å². The zero-order chi connectivity index (χ0) is 13.0. The van der Waals surface area contributed by atoms with Crippen LogP contribution >= 0.6 is 0 Å². The molecule has 2 N–H and O–H groups in total. The first kappa shape index (κ1) is 12.1. The standard InChI is InChI=1S/C12H13N5O/c1-17-8-10(6-16-17)11(18)7-15-12-3-2-9(4-13)5-14-12/h2-3,5-6,8,11,18H,7H2,1H3,(H,14,15). The van der Waals surface area contributed by atoms with Gasteiger partial charge in [0.05, 0.1) is 17.9 Å². The van der Waals surface area contributed by atoms with E-state index in [1.165, 1.54) is 6.20 Å². The topological polar surface area (TPSA) is 86.8 Å². The highest BCUT2D eigenvalue weighted by molar-refractivity contribution is 5.39. The molecule has 0 aliphatic carbocycles. The van der Waals surface area contributed by atoms with E-state index in [1.807, 2.05) is 6.07 Å². The number of aliphatic hydroxyl groups excluding tert-OH is 1. The summed E-state index contributed by atoms with van der Waals surface area (Å²) < 4.78 is 1.64. The van der Waals surface area contributed by atoms with Gasteiger partial charge in [0.15, 0.2) is 0 Å². The van der Waals surface area contributed by atoms with Gasteiger partial charge in [0.2, 0.25) is 0 Å². The van der Waals surface area contributed by atoms with Crippen molar-refractivity contribution in [1.29, 1.82) is 5.26 Å². The largest absolute Gasteiger partial charge is 0.386 e. The molecule has 6 nitrogen and oxygen atoms in total. The molecule has 92 valence electrons. The molecule has 6 heteroatoms. The van der Waals surface area contributed by atoms with Crippen LogP contribution in [0.3, 0.4) is 0 Å². The normalized spacial score (nSPS) is 11.8. The number of hydrogen-bond donors (Lipinski definition) is 2. The summed E-state index contributed by atoms with van der Waals surface area (Å²) in [5, 5.41) is 25.5. The number of pyridine rings is 1. The molecule has 1 atom stereocenters. The highest BCUT2D eigenvalue weighted by atomic mass is 16.3. The van der Waals surface area contributed by atoms with Crippen molar-refractivity contribution in [3.8, 4) is 6.07 Å². The molecule has 2 rings (SSSR count). The summed E-state index contributed by atoms with van der Waals surface area (Å²) in [4.78, 5) is 4.05. The number of aliphatic hydroxyl groups is 1. The fourth-order valence-corrected chi connectivity index (χ4v) is 1.50. The predicted octanol–water partition coefficient (Wildman–Crippen LogP) is 0.832. The van der Waals surface area contributed by atoms with E-state index in [9.17, 15) is 5.11 Å². The van der Waals surface area contributed by atoms with E-state index in [-0.39, 0.29) is 0 Å². The van der Waals surface area contributed by atoms with Gasteiger partial charge in [-0.05, 0) is 12.1 Å². The van der Waals surface area contributed by atoms with E-state index in [1.54, 1.807) is 36.3 Å². The molecule has 2 aromatic rings. The minimum Gasteiger partial charge on any atom is -0.386 e. The summed E-state index contributed by atoms with van der Waals surface area (Å²) in [5.41, 5.74) is 1.26. The van der Waals surface area contributed by atoms with E-state index in [0.29, 0.717) is 17.9 Å². The Bertz CT molecular complexity index is 555. The van der Waals surface area contributed by atoms with Crippen LogP contribution < -0.4 is 5.32 Å². The molecule has 0 saturated heterocycles. The van der Waals surface area contributed by atoms with Crippen LogP contribution in [0.1, 0.15) is 17.2 Å². The van der Waals surface area contributed by atoms with E-state index in [4.69, 9.17) is 5.26 Å². The van der Waals surface area contributed by atoms with Gasteiger partial charge < -0.3 is 10.4 Å². The third-order valence-electron chi connectivity index (χ3n) is 2.48. The first-order chi connectivity index (χ1) is 8.69. The van der Waals surface area contributed by atoms with Crippen LogP contribution in [0.25, 0.3) is 0 Å². The number of anilines is 1. The molecular weight excluding hydrogens is 230 g/mol. The Morgan fingerprint density at radius 3 is 2.89 bits per heavy atom. The van der Waals surface area contributed by atoms with Crippen molar-refractivity contribution in [3.63, 3.8) is 0 Å². The first-order valence-corrected chi connectivity index (χ1v) is 5.45. The number of nitrogens with zero attached hydrogens (tertiary/aromatic N) is 4. The van der Waals surface area contributed by atoms with Gasteiger partial charge in [-0.2, -0.15) is 10.4 Å². The molecule has 0 aromatic carbocycles. The number of rotatable bonds is 4. The van der Waals surface area contributed by atoms with Crippen LogP contribution in [-0.2, 0) is 7.05 Å². The molecule has 18 heavy (non-hydrogen) atoms. The summed E-state index contributed by atoms with van der Waals surface area (Å²) >= 11 is 0. The highest BCUT2D eigenvalue weighted by Gasteiger charge is 2.09. The molecule has 0 fully saturated rings. The van der Waals surface area contributed by atoms with Gasteiger partial charge in [-0.25, -0.2) is 4.98 Å². The SMILES string of the molecule is Cn1cc(C(O)CNc2ccc(C#N)cn2)cn1. The summed E-state index contributed by atoms with van der Waals surface area (Å²) in [6.45, 7) is 0.338. The van der Waals surface area contributed by atoms with Crippen LogP contribution in [0.15, 0.2) is 30.7 Å².